The van der Waals surface area contributed by atoms with Crippen molar-refractivity contribution in [1.82, 2.24) is 19.9 Å². The lowest BCUT2D eigenvalue weighted by molar-refractivity contribution is -0.141. The SMILES string of the molecule is CC(C)(O)c1nc(C(F)(F)F)c(C(=O)N2CCCc3[nH]cnc3C2c2cc3ccccc3o2)o1. The van der Waals surface area contributed by atoms with E-state index in [4.69, 9.17) is 8.83 Å². The number of fused-ring (bicyclic) bond motifs is 2. The molecule has 0 radical (unpaired) electrons. The van der Waals surface area contributed by atoms with E-state index in [0.29, 0.717) is 29.9 Å². The standard InChI is InChI=1S/C23H21F3N4O4/c1-22(2,32)21-29-19(23(24,25)26)18(34-21)20(31)30-9-5-7-13-16(28-11-27-13)17(30)15-10-12-6-3-4-8-14(12)33-15/h3-4,6,8,10-11,17,32H,5,7,9H2,1-2H3,(H,27,28). The molecule has 1 unspecified atom stereocenters. The molecule has 4 aromatic rings. The first kappa shape index (κ1) is 22.2. The van der Waals surface area contributed by atoms with Crippen molar-refractivity contribution in [3.8, 4) is 0 Å². The first-order chi connectivity index (χ1) is 16.0. The average molecular weight is 474 g/mol. The maximum absolute atomic E-state index is 13.8. The Hall–Kier alpha value is -3.60. The van der Waals surface area contributed by atoms with E-state index in [1.807, 2.05) is 12.1 Å². The highest BCUT2D eigenvalue weighted by Gasteiger charge is 2.46. The van der Waals surface area contributed by atoms with Gasteiger partial charge in [-0.15, -0.1) is 0 Å². The van der Waals surface area contributed by atoms with Crippen LogP contribution in [0.25, 0.3) is 11.0 Å². The monoisotopic (exact) mass is 474 g/mol. The van der Waals surface area contributed by atoms with Gasteiger partial charge in [-0.1, -0.05) is 18.2 Å². The summed E-state index contributed by atoms with van der Waals surface area (Å²) in [4.78, 5) is 25.7. The van der Waals surface area contributed by atoms with Crippen LogP contribution in [0.2, 0.25) is 0 Å². The fourth-order valence-electron chi connectivity index (χ4n) is 4.16. The number of amides is 1. The number of imidazole rings is 1. The van der Waals surface area contributed by atoms with E-state index in [1.54, 1.807) is 18.2 Å². The summed E-state index contributed by atoms with van der Waals surface area (Å²) in [7, 11) is 0. The van der Waals surface area contributed by atoms with Crippen molar-refractivity contribution in [2.45, 2.75) is 44.5 Å². The molecule has 2 N–H and O–H groups in total. The predicted molar refractivity (Wildman–Crippen MR) is 113 cm³/mol. The van der Waals surface area contributed by atoms with Crippen molar-refractivity contribution < 1.29 is 31.9 Å². The topological polar surface area (TPSA) is 108 Å². The summed E-state index contributed by atoms with van der Waals surface area (Å²) in [5, 5.41) is 10.9. The maximum atomic E-state index is 13.8. The molecule has 11 heteroatoms. The zero-order valence-electron chi connectivity index (χ0n) is 18.3. The molecule has 0 saturated heterocycles. The van der Waals surface area contributed by atoms with Crippen LogP contribution >= 0.6 is 0 Å². The van der Waals surface area contributed by atoms with Crippen LogP contribution in [0.15, 0.2) is 45.5 Å². The second kappa shape index (κ2) is 7.73. The van der Waals surface area contributed by atoms with Gasteiger partial charge in [0.2, 0.25) is 11.7 Å². The molecule has 3 aromatic heterocycles. The number of para-hydroxylation sites is 1. The van der Waals surface area contributed by atoms with Crippen LogP contribution < -0.4 is 0 Å². The van der Waals surface area contributed by atoms with E-state index in [-0.39, 0.29) is 6.54 Å². The van der Waals surface area contributed by atoms with Gasteiger partial charge in [0.1, 0.15) is 23.0 Å². The molecule has 0 fully saturated rings. The number of hydrogen-bond acceptors (Lipinski definition) is 6. The van der Waals surface area contributed by atoms with Crippen LogP contribution in [0.3, 0.4) is 0 Å². The number of carbonyl (C=O) groups is 1. The Morgan fingerprint density at radius 3 is 2.71 bits per heavy atom. The maximum Gasteiger partial charge on any atom is 0.437 e. The number of nitrogens with zero attached hydrogens (tertiary/aromatic N) is 3. The minimum Gasteiger partial charge on any atom is -0.458 e. The molecule has 1 amide bonds. The Kier molecular flexibility index (Phi) is 5.05. The molecule has 34 heavy (non-hydrogen) atoms. The van der Waals surface area contributed by atoms with Gasteiger partial charge < -0.3 is 23.8 Å². The molecule has 1 aromatic carbocycles. The smallest absolute Gasteiger partial charge is 0.437 e. The number of rotatable bonds is 3. The Morgan fingerprint density at radius 2 is 2.00 bits per heavy atom. The lowest BCUT2D eigenvalue weighted by Gasteiger charge is -2.27. The summed E-state index contributed by atoms with van der Waals surface area (Å²) < 4.78 is 52.6. The van der Waals surface area contributed by atoms with Gasteiger partial charge in [-0.05, 0) is 38.8 Å². The molecule has 4 heterocycles. The molecule has 0 bridgehead atoms. The van der Waals surface area contributed by atoms with Crippen LogP contribution in [0, 0.1) is 0 Å². The third-order valence-electron chi connectivity index (χ3n) is 5.74. The predicted octanol–water partition coefficient (Wildman–Crippen LogP) is 4.57. The van der Waals surface area contributed by atoms with Crippen LogP contribution in [-0.2, 0) is 18.2 Å². The largest absolute Gasteiger partial charge is 0.458 e. The van der Waals surface area contributed by atoms with Gasteiger partial charge in [-0.25, -0.2) is 9.97 Å². The highest BCUT2D eigenvalue weighted by molar-refractivity contribution is 5.93. The van der Waals surface area contributed by atoms with Gasteiger partial charge in [0, 0.05) is 17.6 Å². The highest BCUT2D eigenvalue weighted by atomic mass is 19.4. The van der Waals surface area contributed by atoms with Gasteiger partial charge in [0.15, 0.2) is 5.69 Å². The van der Waals surface area contributed by atoms with Crippen molar-refractivity contribution in [2.24, 2.45) is 0 Å². The molecule has 1 atom stereocenters. The number of aryl methyl sites for hydroxylation is 1. The zero-order valence-corrected chi connectivity index (χ0v) is 18.3. The zero-order chi connectivity index (χ0) is 24.3. The summed E-state index contributed by atoms with van der Waals surface area (Å²) in [6.45, 7) is 2.58. The van der Waals surface area contributed by atoms with Gasteiger partial charge in [0.05, 0.1) is 12.0 Å². The normalized spacial score (nSPS) is 17.1. The number of nitrogens with one attached hydrogen (secondary N) is 1. The molecular formula is C23H21F3N4O4. The van der Waals surface area contributed by atoms with Crippen LogP contribution in [-0.4, -0.2) is 37.4 Å². The molecule has 1 aliphatic heterocycles. The number of aliphatic hydroxyl groups is 1. The summed E-state index contributed by atoms with van der Waals surface area (Å²) in [6, 6.07) is 8.09. The summed E-state index contributed by atoms with van der Waals surface area (Å²) in [6.07, 6.45) is -2.45. The van der Waals surface area contributed by atoms with E-state index in [2.05, 4.69) is 15.0 Å². The van der Waals surface area contributed by atoms with E-state index >= 15 is 0 Å². The first-order valence-electron chi connectivity index (χ1n) is 10.7. The Labute approximate surface area is 191 Å². The Balaban J connectivity index is 1.66. The second-order valence-electron chi connectivity index (χ2n) is 8.71. The number of H-pyrrole nitrogens is 1. The molecule has 0 spiro atoms. The second-order valence-corrected chi connectivity index (χ2v) is 8.71. The van der Waals surface area contributed by atoms with E-state index in [1.165, 1.54) is 25.1 Å². The van der Waals surface area contributed by atoms with E-state index < -0.39 is 41.1 Å². The summed E-state index contributed by atoms with van der Waals surface area (Å²) in [5.41, 5.74) is -1.46. The van der Waals surface area contributed by atoms with E-state index in [0.717, 1.165) is 11.1 Å². The number of hydrogen-bond donors (Lipinski definition) is 2. The molecule has 178 valence electrons. The van der Waals surface area contributed by atoms with Gasteiger partial charge in [-0.2, -0.15) is 13.2 Å². The number of oxazole rings is 1. The molecular weight excluding hydrogens is 453 g/mol. The number of aromatic nitrogens is 3. The minimum absolute atomic E-state index is 0.126. The number of carbonyl (C=O) groups excluding carboxylic acids is 1. The van der Waals surface area contributed by atoms with Crippen molar-refractivity contribution in [3.05, 3.63) is 71.2 Å². The lowest BCUT2D eigenvalue weighted by atomic mass is 10.1. The number of alkyl halides is 3. The first-order valence-corrected chi connectivity index (χ1v) is 10.7. The third-order valence-corrected chi connectivity index (χ3v) is 5.74. The van der Waals surface area contributed by atoms with E-state index in [9.17, 15) is 23.1 Å². The minimum atomic E-state index is -4.96. The van der Waals surface area contributed by atoms with Gasteiger partial charge >= 0.3 is 6.18 Å². The Morgan fingerprint density at radius 1 is 1.24 bits per heavy atom. The van der Waals surface area contributed by atoms with Crippen LogP contribution in [0.4, 0.5) is 13.2 Å². The molecule has 5 rings (SSSR count). The molecule has 0 saturated carbocycles. The highest BCUT2D eigenvalue weighted by Crippen LogP contribution is 2.39. The van der Waals surface area contributed by atoms with Crippen molar-refractivity contribution in [2.75, 3.05) is 6.54 Å². The van der Waals surface area contributed by atoms with Gasteiger partial charge in [-0.3, -0.25) is 4.79 Å². The molecule has 1 aliphatic rings. The number of aromatic amines is 1. The van der Waals surface area contributed by atoms with Crippen molar-refractivity contribution in [1.29, 1.82) is 0 Å². The number of halogens is 3. The van der Waals surface area contributed by atoms with Gasteiger partial charge in [0.25, 0.3) is 5.91 Å². The average Bonchev–Trinajstić information content (AvgIpc) is 3.48. The number of benzene rings is 1. The lowest BCUT2D eigenvalue weighted by Crippen LogP contribution is -2.36. The molecule has 8 nitrogen and oxygen atoms in total. The quantitative estimate of drug-likeness (QED) is 0.450. The van der Waals surface area contributed by atoms with Crippen molar-refractivity contribution in [3.63, 3.8) is 0 Å². The summed E-state index contributed by atoms with van der Waals surface area (Å²) >= 11 is 0. The Bertz CT molecular complexity index is 1330. The fraction of sp³-hybridized carbons (Fsp3) is 0.348. The summed E-state index contributed by atoms with van der Waals surface area (Å²) in [5.74, 6) is -2.24. The van der Waals surface area contributed by atoms with Crippen LogP contribution in [0.1, 0.15) is 65.6 Å². The molecule has 0 aliphatic carbocycles. The van der Waals surface area contributed by atoms with Crippen LogP contribution in [0.5, 0.6) is 0 Å². The van der Waals surface area contributed by atoms with Crippen molar-refractivity contribution >= 4 is 16.9 Å². The third kappa shape index (κ3) is 3.75. The number of furan rings is 1. The fourth-order valence-corrected chi connectivity index (χ4v) is 4.16.